The molecule has 0 aliphatic heterocycles. The van der Waals surface area contributed by atoms with Crippen molar-refractivity contribution in [3.05, 3.63) is 0 Å². The normalized spacial score (nSPS) is 34.2. The highest BCUT2D eigenvalue weighted by molar-refractivity contribution is 5.85. The molecule has 0 aromatic heterocycles. The van der Waals surface area contributed by atoms with Gasteiger partial charge in [-0.05, 0) is 50.4 Å². The van der Waals surface area contributed by atoms with Gasteiger partial charge in [-0.15, -0.1) is 0 Å². The number of carbonyl (C=O) groups excluding carboxylic acids is 1. The zero-order chi connectivity index (χ0) is 11.2. The number of rotatable bonds is 2. The standard InChI is InChI=1S/C13H21NO2/c15-11(13(16)7-3-4-8-13)14-10-9-12(10)5-1-2-6-12/h10,16H,1-9H2,(H,14,15). The molecule has 3 aliphatic carbocycles. The lowest BCUT2D eigenvalue weighted by atomic mass is 10.0. The van der Waals surface area contributed by atoms with E-state index in [4.69, 9.17) is 0 Å². The van der Waals surface area contributed by atoms with E-state index in [9.17, 15) is 9.90 Å². The summed E-state index contributed by atoms with van der Waals surface area (Å²) < 4.78 is 0. The van der Waals surface area contributed by atoms with E-state index in [0.29, 0.717) is 24.3 Å². The molecule has 0 bridgehead atoms. The molecule has 2 N–H and O–H groups in total. The minimum Gasteiger partial charge on any atom is -0.380 e. The van der Waals surface area contributed by atoms with Crippen LogP contribution in [-0.2, 0) is 4.79 Å². The molecule has 3 aliphatic rings. The van der Waals surface area contributed by atoms with Crippen molar-refractivity contribution in [1.82, 2.24) is 5.32 Å². The third kappa shape index (κ3) is 1.56. The molecule has 1 unspecified atom stereocenters. The van der Waals surface area contributed by atoms with Gasteiger partial charge in [0.25, 0.3) is 5.91 Å². The summed E-state index contributed by atoms with van der Waals surface area (Å²) in [6, 6.07) is 0.368. The first-order valence-corrected chi connectivity index (χ1v) is 6.68. The Hall–Kier alpha value is -0.570. The molecule has 3 heteroatoms. The molecular weight excluding hydrogens is 202 g/mol. The maximum Gasteiger partial charge on any atom is 0.252 e. The Morgan fingerprint density at radius 1 is 1.06 bits per heavy atom. The third-order valence-corrected chi connectivity index (χ3v) is 4.95. The van der Waals surface area contributed by atoms with Crippen LogP contribution in [0, 0.1) is 5.41 Å². The molecule has 0 aromatic rings. The lowest BCUT2D eigenvalue weighted by Crippen LogP contribution is -2.46. The summed E-state index contributed by atoms with van der Waals surface area (Å²) in [5.41, 5.74) is -0.604. The van der Waals surface area contributed by atoms with Crippen molar-refractivity contribution in [1.29, 1.82) is 0 Å². The molecular formula is C13H21NO2. The fourth-order valence-corrected chi connectivity index (χ4v) is 3.66. The minimum absolute atomic E-state index is 0.0984. The first-order valence-electron chi connectivity index (χ1n) is 6.68. The number of hydrogen-bond acceptors (Lipinski definition) is 2. The highest BCUT2D eigenvalue weighted by Crippen LogP contribution is 2.58. The van der Waals surface area contributed by atoms with Crippen LogP contribution in [0.15, 0.2) is 0 Å². The number of nitrogens with one attached hydrogen (secondary N) is 1. The van der Waals surface area contributed by atoms with E-state index in [0.717, 1.165) is 19.3 Å². The van der Waals surface area contributed by atoms with Crippen molar-refractivity contribution in [3.63, 3.8) is 0 Å². The lowest BCUT2D eigenvalue weighted by Gasteiger charge is -2.22. The van der Waals surface area contributed by atoms with E-state index in [1.807, 2.05) is 0 Å². The summed E-state index contributed by atoms with van der Waals surface area (Å²) in [7, 11) is 0. The molecule has 3 rings (SSSR count). The monoisotopic (exact) mass is 223 g/mol. The number of aliphatic hydroxyl groups is 1. The van der Waals surface area contributed by atoms with Gasteiger partial charge in [-0.2, -0.15) is 0 Å². The summed E-state index contributed by atoms with van der Waals surface area (Å²) in [5, 5.41) is 13.2. The zero-order valence-corrected chi connectivity index (χ0v) is 9.80. The second-order valence-corrected chi connectivity index (χ2v) is 6.04. The van der Waals surface area contributed by atoms with Gasteiger partial charge in [0, 0.05) is 6.04 Å². The van der Waals surface area contributed by atoms with Gasteiger partial charge in [-0.1, -0.05) is 12.8 Å². The van der Waals surface area contributed by atoms with Crippen molar-refractivity contribution in [2.24, 2.45) is 5.41 Å². The fraction of sp³-hybridized carbons (Fsp3) is 0.923. The van der Waals surface area contributed by atoms with Gasteiger partial charge in [-0.3, -0.25) is 4.79 Å². The van der Waals surface area contributed by atoms with Crippen LogP contribution in [0.4, 0.5) is 0 Å². The predicted molar refractivity (Wildman–Crippen MR) is 60.9 cm³/mol. The largest absolute Gasteiger partial charge is 0.380 e. The van der Waals surface area contributed by atoms with E-state index in [2.05, 4.69) is 5.32 Å². The highest BCUT2D eigenvalue weighted by Gasteiger charge is 2.56. The molecule has 1 atom stereocenters. The first-order chi connectivity index (χ1) is 7.65. The lowest BCUT2D eigenvalue weighted by molar-refractivity contribution is -0.139. The minimum atomic E-state index is -1.04. The molecule has 3 fully saturated rings. The smallest absolute Gasteiger partial charge is 0.252 e. The Balaban J connectivity index is 1.58. The van der Waals surface area contributed by atoms with E-state index < -0.39 is 5.60 Å². The number of amides is 1. The molecule has 1 spiro atoms. The average Bonchev–Trinajstić information content (AvgIpc) is 2.69. The van der Waals surface area contributed by atoms with Gasteiger partial charge in [0.05, 0.1) is 0 Å². The van der Waals surface area contributed by atoms with E-state index in [1.54, 1.807) is 0 Å². The number of carbonyl (C=O) groups is 1. The van der Waals surface area contributed by atoms with Crippen LogP contribution in [0.3, 0.4) is 0 Å². The van der Waals surface area contributed by atoms with Crippen LogP contribution in [-0.4, -0.2) is 22.7 Å². The quantitative estimate of drug-likeness (QED) is 0.749. The van der Waals surface area contributed by atoms with Gasteiger partial charge in [0.15, 0.2) is 0 Å². The maximum atomic E-state index is 12.0. The topological polar surface area (TPSA) is 49.3 Å². The van der Waals surface area contributed by atoms with Crippen molar-refractivity contribution in [2.75, 3.05) is 0 Å². The van der Waals surface area contributed by atoms with E-state index >= 15 is 0 Å². The van der Waals surface area contributed by atoms with E-state index in [1.165, 1.54) is 25.7 Å². The molecule has 0 heterocycles. The molecule has 3 saturated carbocycles. The van der Waals surface area contributed by atoms with Crippen LogP contribution in [0.1, 0.15) is 57.8 Å². The second kappa shape index (κ2) is 3.46. The Labute approximate surface area is 96.6 Å². The summed E-state index contributed by atoms with van der Waals surface area (Å²) >= 11 is 0. The average molecular weight is 223 g/mol. The van der Waals surface area contributed by atoms with Crippen LogP contribution in [0.5, 0.6) is 0 Å². The van der Waals surface area contributed by atoms with Gasteiger partial charge in [0.2, 0.25) is 0 Å². The Bertz CT molecular complexity index is 301. The van der Waals surface area contributed by atoms with Gasteiger partial charge >= 0.3 is 0 Å². The molecule has 0 aromatic carbocycles. The van der Waals surface area contributed by atoms with Crippen LogP contribution >= 0.6 is 0 Å². The predicted octanol–water partition coefficient (Wildman–Crippen LogP) is 1.74. The first kappa shape index (κ1) is 10.6. The van der Waals surface area contributed by atoms with Crippen molar-refractivity contribution < 1.29 is 9.90 Å². The van der Waals surface area contributed by atoms with Crippen LogP contribution in [0.2, 0.25) is 0 Å². The highest BCUT2D eigenvalue weighted by atomic mass is 16.3. The van der Waals surface area contributed by atoms with Crippen LogP contribution in [0.25, 0.3) is 0 Å². The third-order valence-electron chi connectivity index (χ3n) is 4.95. The molecule has 16 heavy (non-hydrogen) atoms. The van der Waals surface area contributed by atoms with Gasteiger partial charge < -0.3 is 10.4 Å². The van der Waals surface area contributed by atoms with Crippen molar-refractivity contribution in [2.45, 2.75) is 69.4 Å². The molecule has 0 radical (unpaired) electrons. The Morgan fingerprint density at radius 2 is 1.62 bits per heavy atom. The summed E-state index contributed by atoms with van der Waals surface area (Å²) in [6.45, 7) is 0. The Kier molecular flexibility index (Phi) is 2.29. The molecule has 1 amide bonds. The van der Waals surface area contributed by atoms with E-state index in [-0.39, 0.29) is 5.91 Å². The van der Waals surface area contributed by atoms with Crippen molar-refractivity contribution >= 4 is 5.91 Å². The molecule has 90 valence electrons. The molecule has 3 nitrogen and oxygen atoms in total. The van der Waals surface area contributed by atoms with Crippen molar-refractivity contribution in [3.8, 4) is 0 Å². The molecule has 0 saturated heterocycles. The zero-order valence-electron chi connectivity index (χ0n) is 9.80. The van der Waals surface area contributed by atoms with Crippen LogP contribution < -0.4 is 5.32 Å². The Morgan fingerprint density at radius 3 is 2.25 bits per heavy atom. The number of hydrogen-bond donors (Lipinski definition) is 2. The maximum absolute atomic E-state index is 12.0. The fourth-order valence-electron chi connectivity index (χ4n) is 3.66. The SMILES string of the molecule is O=C(NC1CC12CCCC2)C1(O)CCCC1. The summed E-state index contributed by atoms with van der Waals surface area (Å²) in [4.78, 5) is 12.0. The summed E-state index contributed by atoms with van der Waals surface area (Å²) in [5.74, 6) is -0.0984. The second-order valence-electron chi connectivity index (χ2n) is 6.04. The van der Waals surface area contributed by atoms with Gasteiger partial charge in [0.1, 0.15) is 5.60 Å². The van der Waals surface area contributed by atoms with Gasteiger partial charge in [-0.25, -0.2) is 0 Å². The summed E-state index contributed by atoms with van der Waals surface area (Å²) in [6.07, 6.45) is 9.60.